The Balaban J connectivity index is 1.66. The van der Waals surface area contributed by atoms with E-state index in [0.717, 1.165) is 43.2 Å². The number of rotatable bonds is 19. The van der Waals surface area contributed by atoms with E-state index in [-0.39, 0.29) is 37.2 Å². The zero-order valence-corrected chi connectivity index (χ0v) is 31.2. The largest absolute Gasteiger partial charge is 0.449 e. The Morgan fingerprint density at radius 3 is 1.83 bits per heavy atom. The summed E-state index contributed by atoms with van der Waals surface area (Å²) in [7, 11) is 0. The molecule has 2 aromatic carbocycles. The van der Waals surface area contributed by atoms with Crippen LogP contribution in [0.1, 0.15) is 103 Å². The maximum absolute atomic E-state index is 13.7. The van der Waals surface area contributed by atoms with E-state index in [1.807, 2.05) is 95.3 Å². The van der Waals surface area contributed by atoms with Crippen LogP contribution in [-0.4, -0.2) is 66.8 Å². The van der Waals surface area contributed by atoms with Crippen LogP contribution in [0.3, 0.4) is 0 Å². The summed E-state index contributed by atoms with van der Waals surface area (Å²) in [5.41, 5.74) is 1.70. The summed E-state index contributed by atoms with van der Waals surface area (Å²) in [6, 6.07) is 15.2. The number of carbonyl (C=O) groups is 6. The van der Waals surface area contributed by atoms with E-state index in [9.17, 15) is 28.8 Å². The lowest BCUT2D eigenvalue weighted by Crippen LogP contribution is -2.58. The maximum Gasteiger partial charge on any atom is 0.407 e. The van der Waals surface area contributed by atoms with Gasteiger partial charge in [-0.15, -0.1) is 0 Å². The van der Waals surface area contributed by atoms with Crippen molar-refractivity contribution < 1.29 is 33.5 Å². The van der Waals surface area contributed by atoms with Crippen molar-refractivity contribution in [1.29, 1.82) is 0 Å². The van der Waals surface area contributed by atoms with Crippen molar-refractivity contribution in [1.82, 2.24) is 26.6 Å². The van der Waals surface area contributed by atoms with Gasteiger partial charge in [0.05, 0.1) is 25.2 Å². The Bertz CT molecular complexity index is 1420. The van der Waals surface area contributed by atoms with Crippen LogP contribution in [-0.2, 0) is 28.7 Å². The summed E-state index contributed by atoms with van der Waals surface area (Å²) < 4.78 is 5.30. The fourth-order valence-corrected chi connectivity index (χ4v) is 6.34. The van der Waals surface area contributed by atoms with E-state index in [4.69, 9.17) is 4.74 Å². The first kappa shape index (κ1) is 41.7. The number of hydrogen-bond acceptors (Lipinski definition) is 7. The molecule has 5 N–H and O–H groups in total. The summed E-state index contributed by atoms with van der Waals surface area (Å²) in [6.07, 6.45) is 4.64. The van der Waals surface area contributed by atoms with E-state index in [2.05, 4.69) is 26.6 Å². The van der Waals surface area contributed by atoms with E-state index < -0.39 is 66.2 Å². The third-order valence-electron chi connectivity index (χ3n) is 8.98. The molecule has 0 aromatic heterocycles. The molecule has 0 spiro atoms. The Kier molecular flexibility index (Phi) is 17.3. The second-order valence-corrected chi connectivity index (χ2v) is 14.4. The SMILES string of the molecule is CCCC(NC(=O)[C@H](CC(C)C)NC(=O)[C@@H](NC(=O)OCC(C)C)C1CCCCC1)C(=O)C(=O)NCC(=O)NC(c1ccccc1)c1ccccc1. The predicted octanol–water partition coefficient (Wildman–Crippen LogP) is 4.72. The lowest BCUT2D eigenvalue weighted by atomic mass is 9.83. The van der Waals surface area contributed by atoms with Crippen molar-refractivity contribution >= 4 is 35.5 Å². The van der Waals surface area contributed by atoms with Crippen LogP contribution in [0.25, 0.3) is 0 Å². The number of nitrogens with one attached hydrogen (secondary N) is 5. The minimum atomic E-state index is -1.17. The first-order valence-corrected chi connectivity index (χ1v) is 18.6. The lowest BCUT2D eigenvalue weighted by Gasteiger charge is -2.31. The lowest BCUT2D eigenvalue weighted by molar-refractivity contribution is -0.141. The van der Waals surface area contributed by atoms with Gasteiger partial charge in [0, 0.05) is 0 Å². The monoisotopic (exact) mass is 719 g/mol. The number of benzene rings is 2. The van der Waals surface area contributed by atoms with Crippen molar-refractivity contribution in [3.8, 4) is 0 Å². The zero-order chi connectivity index (χ0) is 38.0. The van der Waals surface area contributed by atoms with Crippen LogP contribution in [0, 0.1) is 17.8 Å². The van der Waals surface area contributed by atoms with Crippen LogP contribution in [0.4, 0.5) is 4.79 Å². The summed E-state index contributed by atoms with van der Waals surface area (Å²) in [6.45, 7) is 9.21. The highest BCUT2D eigenvalue weighted by molar-refractivity contribution is 6.38. The number of alkyl carbamates (subject to hydrolysis) is 1. The Morgan fingerprint density at radius 2 is 1.29 bits per heavy atom. The molecule has 1 unspecified atom stereocenters. The maximum atomic E-state index is 13.7. The van der Waals surface area contributed by atoms with E-state index in [1.165, 1.54) is 0 Å². The molecule has 0 radical (unpaired) electrons. The smallest absolute Gasteiger partial charge is 0.407 e. The number of ether oxygens (including phenoxy) is 1. The summed E-state index contributed by atoms with van der Waals surface area (Å²) >= 11 is 0. The molecular weight excluding hydrogens is 662 g/mol. The van der Waals surface area contributed by atoms with E-state index >= 15 is 0 Å². The minimum absolute atomic E-state index is 0.00844. The molecule has 2 aromatic rings. The van der Waals surface area contributed by atoms with Gasteiger partial charge in [0.15, 0.2) is 0 Å². The van der Waals surface area contributed by atoms with Crippen LogP contribution < -0.4 is 26.6 Å². The van der Waals surface area contributed by atoms with Crippen LogP contribution in [0.5, 0.6) is 0 Å². The molecular formula is C40H57N5O7. The molecule has 284 valence electrons. The molecule has 0 aliphatic heterocycles. The fourth-order valence-electron chi connectivity index (χ4n) is 6.34. The summed E-state index contributed by atoms with van der Waals surface area (Å²) in [5.74, 6) is -3.51. The highest BCUT2D eigenvalue weighted by Crippen LogP contribution is 2.27. The number of hydrogen-bond donors (Lipinski definition) is 5. The van der Waals surface area contributed by atoms with Gasteiger partial charge in [-0.1, -0.05) is 121 Å². The normalized spacial score (nSPS) is 14.9. The Hall–Kier alpha value is -4.74. The standard InChI is InChI=1S/C40H57N5O7/c1-6-16-31(36(47)39(50)41-24-33(46)44-34(28-17-10-7-11-18-28)29-19-12-8-13-20-29)42-37(48)32(23-26(2)3)43-38(49)35(30-21-14-9-15-22-30)45-40(51)52-25-27(4)5/h7-8,10-13,17-20,26-27,30-32,34-35H,6,9,14-16,21-25H2,1-5H3,(H,41,50)(H,42,48)(H,43,49)(H,44,46)(H,45,51)/t31?,32-,35-/m0/s1. The first-order valence-electron chi connectivity index (χ1n) is 18.6. The number of carbonyl (C=O) groups excluding carboxylic acids is 6. The number of ketones is 1. The first-order chi connectivity index (χ1) is 24.9. The van der Waals surface area contributed by atoms with Crippen LogP contribution >= 0.6 is 0 Å². The molecule has 1 saturated carbocycles. The van der Waals surface area contributed by atoms with Gasteiger partial charge in [0.25, 0.3) is 5.91 Å². The molecule has 1 aliphatic rings. The third-order valence-corrected chi connectivity index (χ3v) is 8.98. The highest BCUT2D eigenvalue weighted by atomic mass is 16.5. The van der Waals surface area contributed by atoms with Gasteiger partial charge in [-0.2, -0.15) is 0 Å². The molecule has 3 rings (SSSR count). The Morgan fingerprint density at radius 1 is 0.712 bits per heavy atom. The van der Waals surface area contributed by atoms with Crippen LogP contribution in [0.2, 0.25) is 0 Å². The predicted molar refractivity (Wildman–Crippen MR) is 199 cm³/mol. The molecule has 12 heteroatoms. The van der Waals surface area contributed by atoms with Gasteiger partial charge in [-0.25, -0.2) is 4.79 Å². The van der Waals surface area contributed by atoms with Crippen molar-refractivity contribution in [3.63, 3.8) is 0 Å². The fraction of sp³-hybridized carbons (Fsp3) is 0.550. The van der Waals surface area contributed by atoms with Crippen molar-refractivity contribution in [3.05, 3.63) is 71.8 Å². The van der Waals surface area contributed by atoms with E-state index in [1.54, 1.807) is 0 Å². The minimum Gasteiger partial charge on any atom is -0.449 e. The molecule has 1 fully saturated rings. The number of Topliss-reactive ketones (excluding diaryl/α,β-unsaturated/α-hetero) is 1. The quantitative estimate of drug-likeness (QED) is 0.131. The van der Waals surface area contributed by atoms with Crippen LogP contribution in [0.15, 0.2) is 60.7 Å². The average molecular weight is 720 g/mol. The second-order valence-electron chi connectivity index (χ2n) is 14.4. The molecule has 5 amide bonds. The molecule has 12 nitrogen and oxygen atoms in total. The molecule has 0 heterocycles. The second kappa shape index (κ2) is 21.6. The molecule has 0 saturated heterocycles. The van der Waals surface area contributed by atoms with Gasteiger partial charge < -0.3 is 31.3 Å². The average Bonchev–Trinajstić information content (AvgIpc) is 3.14. The van der Waals surface area contributed by atoms with Gasteiger partial charge in [-0.05, 0) is 54.6 Å². The molecule has 1 aliphatic carbocycles. The number of amides is 5. The van der Waals surface area contributed by atoms with Crippen molar-refractivity contribution in [2.45, 2.75) is 110 Å². The molecule has 3 atom stereocenters. The molecule has 52 heavy (non-hydrogen) atoms. The topological polar surface area (TPSA) is 172 Å². The summed E-state index contributed by atoms with van der Waals surface area (Å²) in [5, 5.41) is 13.6. The Labute approximate surface area is 308 Å². The highest BCUT2D eigenvalue weighted by Gasteiger charge is 2.35. The van der Waals surface area contributed by atoms with Gasteiger partial charge in [0.1, 0.15) is 12.1 Å². The van der Waals surface area contributed by atoms with Gasteiger partial charge in [0.2, 0.25) is 23.5 Å². The van der Waals surface area contributed by atoms with E-state index in [0.29, 0.717) is 6.42 Å². The molecule has 0 bridgehead atoms. The zero-order valence-electron chi connectivity index (χ0n) is 31.2. The third kappa shape index (κ3) is 13.8. The van der Waals surface area contributed by atoms with Gasteiger partial charge in [-0.3, -0.25) is 24.0 Å². The van der Waals surface area contributed by atoms with Crippen molar-refractivity contribution in [2.75, 3.05) is 13.2 Å². The van der Waals surface area contributed by atoms with Gasteiger partial charge >= 0.3 is 6.09 Å². The summed E-state index contributed by atoms with van der Waals surface area (Å²) in [4.78, 5) is 79.5. The van der Waals surface area contributed by atoms with Crippen molar-refractivity contribution in [2.24, 2.45) is 17.8 Å².